The van der Waals surface area contributed by atoms with E-state index in [9.17, 15) is 9.18 Å². The molecule has 1 heterocycles. The van der Waals surface area contributed by atoms with E-state index in [1.807, 2.05) is 0 Å². The Morgan fingerprint density at radius 3 is 2.79 bits per heavy atom. The summed E-state index contributed by atoms with van der Waals surface area (Å²) < 4.78 is 12.8. The van der Waals surface area contributed by atoms with E-state index in [-0.39, 0.29) is 11.6 Å². The maximum absolute atomic E-state index is 12.8. The predicted molar refractivity (Wildman–Crippen MR) is 74.8 cm³/mol. The lowest BCUT2D eigenvalue weighted by Gasteiger charge is -2.30. The first kappa shape index (κ1) is 14.2. The van der Waals surface area contributed by atoms with Crippen LogP contribution in [0.1, 0.15) is 43.0 Å². The van der Waals surface area contributed by atoms with Crippen molar-refractivity contribution < 1.29 is 9.18 Å². The average molecular weight is 263 g/mol. The summed E-state index contributed by atoms with van der Waals surface area (Å²) in [4.78, 5) is 14.4. The minimum Gasteiger partial charge on any atom is -0.303 e. The number of likely N-dealkylation sites (tertiary alicyclic amines) is 1. The minimum atomic E-state index is -0.293. The molecule has 1 aliphatic heterocycles. The number of benzene rings is 1. The second kappa shape index (κ2) is 6.80. The lowest BCUT2D eigenvalue weighted by atomic mass is 10.00. The molecule has 0 amide bonds. The number of rotatable bonds is 5. The van der Waals surface area contributed by atoms with Crippen molar-refractivity contribution in [3.05, 3.63) is 35.6 Å². The molecule has 0 bridgehead atoms. The maximum atomic E-state index is 12.8. The number of piperidine rings is 1. The second-order valence-corrected chi connectivity index (χ2v) is 5.58. The number of hydrogen-bond acceptors (Lipinski definition) is 2. The highest BCUT2D eigenvalue weighted by molar-refractivity contribution is 5.95. The monoisotopic (exact) mass is 263 g/mol. The van der Waals surface area contributed by atoms with E-state index < -0.39 is 0 Å². The molecular formula is C16H22FNO. The number of Topliss-reactive ketones (excluding diaryl/α,β-unsaturated/α-hetero) is 1. The maximum Gasteiger partial charge on any atom is 0.162 e. The Kier molecular flexibility index (Phi) is 5.08. The van der Waals surface area contributed by atoms with Crippen LogP contribution in [0.5, 0.6) is 0 Å². The normalized spacial score (nSPS) is 20.4. The van der Waals surface area contributed by atoms with Crippen LogP contribution in [0.15, 0.2) is 24.3 Å². The fourth-order valence-corrected chi connectivity index (χ4v) is 2.73. The van der Waals surface area contributed by atoms with Gasteiger partial charge in [-0.15, -0.1) is 0 Å². The summed E-state index contributed by atoms with van der Waals surface area (Å²) >= 11 is 0. The van der Waals surface area contributed by atoms with E-state index in [0.29, 0.717) is 12.0 Å². The van der Waals surface area contributed by atoms with E-state index >= 15 is 0 Å². The number of nitrogens with zero attached hydrogens (tertiary/aromatic N) is 1. The first-order chi connectivity index (χ1) is 9.15. The van der Waals surface area contributed by atoms with Gasteiger partial charge in [0.25, 0.3) is 0 Å². The number of carbonyl (C=O) groups excluding carboxylic acids is 1. The van der Waals surface area contributed by atoms with Crippen LogP contribution in [0.4, 0.5) is 4.39 Å². The van der Waals surface area contributed by atoms with Crippen LogP contribution >= 0.6 is 0 Å². The standard InChI is InChI=1S/C16H22FNO/c1-13-4-2-10-18(12-13)11-3-5-16(19)14-6-8-15(17)9-7-14/h6-9,13H,2-5,10-12H2,1H3/t13-/m0/s1. The second-order valence-electron chi connectivity index (χ2n) is 5.58. The van der Waals surface area contributed by atoms with Crippen molar-refractivity contribution in [1.82, 2.24) is 4.90 Å². The summed E-state index contributed by atoms with van der Waals surface area (Å²) in [6.07, 6.45) is 4.04. The van der Waals surface area contributed by atoms with Gasteiger partial charge in [-0.2, -0.15) is 0 Å². The van der Waals surface area contributed by atoms with E-state index in [0.717, 1.165) is 32.0 Å². The van der Waals surface area contributed by atoms with Crippen LogP contribution in [-0.4, -0.2) is 30.3 Å². The molecule has 1 aliphatic rings. The number of halogens is 1. The predicted octanol–water partition coefficient (Wildman–Crippen LogP) is 3.52. The van der Waals surface area contributed by atoms with E-state index in [2.05, 4.69) is 11.8 Å². The smallest absolute Gasteiger partial charge is 0.162 e. The van der Waals surface area contributed by atoms with Gasteiger partial charge < -0.3 is 4.90 Å². The highest BCUT2D eigenvalue weighted by Crippen LogP contribution is 2.16. The van der Waals surface area contributed by atoms with E-state index in [4.69, 9.17) is 0 Å². The summed E-state index contributed by atoms with van der Waals surface area (Å²) in [5.41, 5.74) is 0.619. The largest absolute Gasteiger partial charge is 0.303 e. The first-order valence-electron chi connectivity index (χ1n) is 7.16. The third-order valence-corrected chi connectivity index (χ3v) is 3.79. The zero-order chi connectivity index (χ0) is 13.7. The Bertz CT molecular complexity index is 415. The van der Waals surface area contributed by atoms with E-state index in [1.165, 1.54) is 25.0 Å². The molecule has 0 unspecified atom stereocenters. The van der Waals surface area contributed by atoms with Crippen LogP contribution in [0, 0.1) is 11.7 Å². The minimum absolute atomic E-state index is 0.116. The Balaban J connectivity index is 1.73. The summed E-state index contributed by atoms with van der Waals surface area (Å²) in [6, 6.07) is 5.83. The summed E-state index contributed by atoms with van der Waals surface area (Å²) in [5.74, 6) is 0.602. The van der Waals surface area contributed by atoms with Gasteiger partial charge in [-0.05, 0) is 62.5 Å². The zero-order valence-corrected chi connectivity index (χ0v) is 11.6. The molecule has 0 spiro atoms. The van der Waals surface area contributed by atoms with Crippen molar-refractivity contribution in [2.45, 2.75) is 32.6 Å². The molecule has 1 atom stereocenters. The van der Waals surface area contributed by atoms with Gasteiger partial charge in [-0.25, -0.2) is 4.39 Å². The van der Waals surface area contributed by atoms with Crippen molar-refractivity contribution in [3.63, 3.8) is 0 Å². The summed E-state index contributed by atoms with van der Waals surface area (Å²) in [6.45, 7) is 5.60. The lowest BCUT2D eigenvalue weighted by molar-refractivity contribution is 0.0970. The Labute approximate surface area is 114 Å². The molecule has 1 saturated heterocycles. The highest BCUT2D eigenvalue weighted by atomic mass is 19.1. The third-order valence-electron chi connectivity index (χ3n) is 3.79. The number of hydrogen-bond donors (Lipinski definition) is 0. The fourth-order valence-electron chi connectivity index (χ4n) is 2.73. The van der Waals surface area contributed by atoms with Gasteiger partial charge in [-0.3, -0.25) is 4.79 Å². The molecule has 1 aromatic rings. The van der Waals surface area contributed by atoms with Gasteiger partial charge in [0.2, 0.25) is 0 Å². The number of carbonyl (C=O) groups is 1. The molecule has 3 heteroatoms. The SMILES string of the molecule is C[C@H]1CCCN(CCCC(=O)c2ccc(F)cc2)C1. The van der Waals surface area contributed by atoms with Gasteiger partial charge in [-0.1, -0.05) is 6.92 Å². The Hall–Kier alpha value is -1.22. The van der Waals surface area contributed by atoms with Gasteiger partial charge in [0, 0.05) is 18.5 Å². The molecule has 0 aliphatic carbocycles. The molecule has 0 saturated carbocycles. The molecule has 0 radical (unpaired) electrons. The van der Waals surface area contributed by atoms with Crippen molar-refractivity contribution in [3.8, 4) is 0 Å². The molecule has 2 rings (SSSR count). The van der Waals surface area contributed by atoms with Gasteiger partial charge >= 0.3 is 0 Å². The lowest BCUT2D eigenvalue weighted by Crippen LogP contribution is -2.35. The van der Waals surface area contributed by atoms with Crippen molar-refractivity contribution >= 4 is 5.78 Å². The molecule has 1 aromatic carbocycles. The summed E-state index contributed by atoms with van der Waals surface area (Å²) in [5, 5.41) is 0. The topological polar surface area (TPSA) is 20.3 Å². The van der Waals surface area contributed by atoms with Crippen molar-refractivity contribution in [2.24, 2.45) is 5.92 Å². The van der Waals surface area contributed by atoms with Gasteiger partial charge in [0.1, 0.15) is 5.82 Å². The van der Waals surface area contributed by atoms with Crippen molar-refractivity contribution in [1.29, 1.82) is 0 Å². The summed E-state index contributed by atoms with van der Waals surface area (Å²) in [7, 11) is 0. The Morgan fingerprint density at radius 2 is 2.11 bits per heavy atom. The van der Waals surface area contributed by atoms with Crippen LogP contribution < -0.4 is 0 Å². The molecular weight excluding hydrogens is 241 g/mol. The van der Waals surface area contributed by atoms with Gasteiger partial charge in [0.15, 0.2) is 5.78 Å². The van der Waals surface area contributed by atoms with Crippen LogP contribution in [-0.2, 0) is 0 Å². The van der Waals surface area contributed by atoms with Gasteiger partial charge in [0.05, 0.1) is 0 Å². The molecule has 1 fully saturated rings. The zero-order valence-electron chi connectivity index (χ0n) is 11.6. The van der Waals surface area contributed by atoms with Crippen LogP contribution in [0.3, 0.4) is 0 Å². The molecule has 19 heavy (non-hydrogen) atoms. The van der Waals surface area contributed by atoms with Crippen LogP contribution in [0.2, 0.25) is 0 Å². The number of ketones is 1. The molecule has 0 aromatic heterocycles. The third kappa shape index (κ3) is 4.43. The Morgan fingerprint density at radius 1 is 1.37 bits per heavy atom. The fraction of sp³-hybridized carbons (Fsp3) is 0.562. The van der Waals surface area contributed by atoms with Crippen LogP contribution in [0.25, 0.3) is 0 Å². The van der Waals surface area contributed by atoms with E-state index in [1.54, 1.807) is 12.1 Å². The first-order valence-corrected chi connectivity index (χ1v) is 7.16. The van der Waals surface area contributed by atoms with Crippen molar-refractivity contribution in [2.75, 3.05) is 19.6 Å². The highest BCUT2D eigenvalue weighted by Gasteiger charge is 2.16. The average Bonchev–Trinajstić information content (AvgIpc) is 2.39. The quantitative estimate of drug-likeness (QED) is 0.758. The molecule has 0 N–H and O–H groups in total. The molecule has 2 nitrogen and oxygen atoms in total. The molecule has 104 valence electrons.